The van der Waals surface area contributed by atoms with Crippen LogP contribution in [0.15, 0.2) is 0 Å². The first-order chi connectivity index (χ1) is 13.0. The molecule has 0 aromatic carbocycles. The molecule has 2 unspecified atom stereocenters. The van der Waals surface area contributed by atoms with E-state index in [-0.39, 0.29) is 19.3 Å². The average Bonchev–Trinajstić information content (AvgIpc) is 2.55. The molecule has 8 nitrogen and oxygen atoms in total. The van der Waals surface area contributed by atoms with Gasteiger partial charge in [0.2, 0.25) is 0 Å². The summed E-state index contributed by atoms with van der Waals surface area (Å²) in [5.74, 6) is -0.864. The second kappa shape index (κ2) is 14.3. The van der Waals surface area contributed by atoms with Crippen molar-refractivity contribution < 1.29 is 35.8 Å². The van der Waals surface area contributed by atoms with Crippen molar-refractivity contribution in [1.82, 2.24) is 0 Å². The maximum atomic E-state index is 11.7. The van der Waals surface area contributed by atoms with Crippen molar-refractivity contribution in [3.63, 3.8) is 0 Å². The van der Waals surface area contributed by atoms with E-state index in [1.165, 1.54) is 0 Å². The molecule has 0 aliphatic carbocycles. The molecule has 28 heavy (non-hydrogen) atoms. The third-order valence-corrected chi connectivity index (χ3v) is 7.73. The summed E-state index contributed by atoms with van der Waals surface area (Å²) in [5, 5.41) is 5.50. The quantitative estimate of drug-likeness (QED) is 0.212. The van der Waals surface area contributed by atoms with Crippen molar-refractivity contribution in [2.45, 2.75) is 107 Å². The number of unbranched alkanes of at least 4 members (excludes halogenated alkanes) is 9. The van der Waals surface area contributed by atoms with E-state index in [0.29, 0.717) is 38.5 Å². The lowest BCUT2D eigenvalue weighted by Gasteiger charge is -2.22. The molecule has 3 N–H and O–H groups in total. The maximum absolute atomic E-state index is 11.7. The fourth-order valence-corrected chi connectivity index (χ4v) is 6.14. The van der Waals surface area contributed by atoms with Gasteiger partial charge in [-0.1, -0.05) is 71.1 Å². The monoisotopic (exact) mass is 444 g/mol. The van der Waals surface area contributed by atoms with Crippen LogP contribution in [0, 0.1) is 0 Å². The van der Waals surface area contributed by atoms with Gasteiger partial charge in [-0.25, -0.2) is 0 Å². The van der Waals surface area contributed by atoms with Gasteiger partial charge in [0.25, 0.3) is 20.2 Å². The number of hydrogen-bond acceptors (Lipinski definition) is 5. The second-order valence-corrected chi connectivity index (χ2v) is 10.6. The van der Waals surface area contributed by atoms with Crippen molar-refractivity contribution in [2.24, 2.45) is 0 Å². The summed E-state index contributed by atoms with van der Waals surface area (Å²) >= 11 is 0. The first kappa shape index (κ1) is 27.3. The molecule has 0 bridgehead atoms. The van der Waals surface area contributed by atoms with Gasteiger partial charge < -0.3 is 5.11 Å². The molecule has 0 aliphatic rings. The smallest absolute Gasteiger partial charge is 0.303 e. The van der Waals surface area contributed by atoms with E-state index in [1.807, 2.05) is 0 Å². The largest absolute Gasteiger partial charge is 0.481 e. The first-order valence-electron chi connectivity index (χ1n) is 10.1. The van der Waals surface area contributed by atoms with Crippen LogP contribution in [-0.2, 0) is 25.0 Å². The Morgan fingerprint density at radius 1 is 0.679 bits per heavy atom. The molecule has 2 atom stereocenters. The van der Waals surface area contributed by atoms with Gasteiger partial charge in [-0.05, 0) is 19.3 Å². The van der Waals surface area contributed by atoms with Crippen molar-refractivity contribution in [2.75, 3.05) is 0 Å². The zero-order valence-electron chi connectivity index (χ0n) is 16.8. The number of carboxylic acid groups (broad SMARTS) is 1. The average molecular weight is 445 g/mol. The summed E-state index contributed by atoms with van der Waals surface area (Å²) in [6.07, 6.45) is 8.21. The van der Waals surface area contributed by atoms with E-state index in [9.17, 15) is 30.7 Å². The lowest BCUT2D eigenvalue weighted by Crippen LogP contribution is -2.39. The summed E-state index contributed by atoms with van der Waals surface area (Å²) in [6.45, 7) is 2.08. The van der Waals surface area contributed by atoms with Gasteiger partial charge >= 0.3 is 5.97 Å². The molecule has 0 radical (unpaired) electrons. The van der Waals surface area contributed by atoms with Gasteiger partial charge in [-0.2, -0.15) is 16.8 Å². The van der Waals surface area contributed by atoms with E-state index < -0.39 is 36.7 Å². The Kier molecular flexibility index (Phi) is 13.9. The SMILES string of the molecule is CCCCCCCCC(C(CCCCCCCC(=O)O)S(=O)(=O)O)S(=O)(=O)O. The molecular weight excluding hydrogens is 408 g/mol. The van der Waals surface area contributed by atoms with Crippen LogP contribution < -0.4 is 0 Å². The summed E-state index contributed by atoms with van der Waals surface area (Å²) in [5.41, 5.74) is 0. The molecule has 10 heteroatoms. The van der Waals surface area contributed by atoms with E-state index in [1.54, 1.807) is 0 Å². The molecule has 168 valence electrons. The molecule has 0 aromatic rings. The topological polar surface area (TPSA) is 146 Å². The highest BCUT2D eigenvalue weighted by atomic mass is 32.2. The molecule has 0 fully saturated rings. The Bertz CT molecular complexity index is 628. The molecule has 0 saturated carbocycles. The minimum atomic E-state index is -4.62. The van der Waals surface area contributed by atoms with Gasteiger partial charge in [0, 0.05) is 6.42 Å². The molecular formula is C18H36O8S2. The zero-order chi connectivity index (χ0) is 21.6. The third kappa shape index (κ3) is 13.5. The first-order valence-corrected chi connectivity index (χ1v) is 13.1. The second-order valence-electron chi connectivity index (χ2n) is 7.36. The van der Waals surface area contributed by atoms with Crippen LogP contribution in [0.2, 0.25) is 0 Å². The predicted octanol–water partition coefficient (Wildman–Crippen LogP) is 4.07. The lowest BCUT2D eigenvalue weighted by molar-refractivity contribution is -0.137. The van der Waals surface area contributed by atoms with E-state index in [0.717, 1.165) is 32.1 Å². The number of aliphatic carboxylic acids is 1. The van der Waals surface area contributed by atoms with E-state index >= 15 is 0 Å². The molecule has 0 aliphatic heterocycles. The Balaban J connectivity index is 4.65. The Labute approximate surface area is 169 Å². The van der Waals surface area contributed by atoms with Crippen LogP contribution in [-0.4, -0.2) is 47.5 Å². The van der Waals surface area contributed by atoms with Crippen LogP contribution in [0.4, 0.5) is 0 Å². The normalized spacial score (nSPS) is 14.7. The van der Waals surface area contributed by atoms with Gasteiger partial charge in [-0.3, -0.25) is 13.9 Å². The van der Waals surface area contributed by atoms with Crippen molar-refractivity contribution >= 4 is 26.2 Å². The number of carboxylic acids is 1. The summed E-state index contributed by atoms with van der Waals surface area (Å²) in [6, 6.07) is 0. The predicted molar refractivity (Wildman–Crippen MR) is 109 cm³/mol. The van der Waals surface area contributed by atoms with Crippen LogP contribution in [0.25, 0.3) is 0 Å². The van der Waals surface area contributed by atoms with E-state index in [2.05, 4.69) is 6.92 Å². The Morgan fingerprint density at radius 3 is 1.39 bits per heavy atom. The van der Waals surface area contributed by atoms with Gasteiger partial charge in [0.1, 0.15) is 10.5 Å². The van der Waals surface area contributed by atoms with Crippen molar-refractivity contribution in [3.8, 4) is 0 Å². The van der Waals surface area contributed by atoms with Crippen molar-refractivity contribution in [3.05, 3.63) is 0 Å². The summed E-state index contributed by atoms with van der Waals surface area (Å²) in [4.78, 5) is 10.4. The van der Waals surface area contributed by atoms with Gasteiger partial charge in [-0.15, -0.1) is 0 Å². The zero-order valence-corrected chi connectivity index (χ0v) is 18.4. The maximum Gasteiger partial charge on any atom is 0.303 e. The molecule has 0 saturated heterocycles. The summed E-state index contributed by atoms with van der Waals surface area (Å²) < 4.78 is 66.0. The highest BCUT2D eigenvalue weighted by Crippen LogP contribution is 2.24. The third-order valence-electron chi connectivity index (χ3n) is 4.90. The Morgan fingerprint density at radius 2 is 1.04 bits per heavy atom. The Hall–Kier alpha value is -0.710. The van der Waals surface area contributed by atoms with Crippen LogP contribution >= 0.6 is 0 Å². The highest BCUT2D eigenvalue weighted by molar-refractivity contribution is 7.90. The number of hydrogen-bond donors (Lipinski definition) is 3. The molecule has 0 spiro atoms. The molecule has 0 heterocycles. The molecule has 0 amide bonds. The van der Waals surface area contributed by atoms with Gasteiger partial charge in [0.15, 0.2) is 0 Å². The molecule has 0 aromatic heterocycles. The molecule has 0 rings (SSSR count). The minimum Gasteiger partial charge on any atom is -0.481 e. The standard InChI is InChI=1S/C18H36O8S2/c1-2-3-4-5-7-10-13-16(27(21,22)23)17(28(24,25)26)14-11-8-6-9-12-15-18(19)20/h16-17H,2-15H2,1H3,(H,19,20)(H,21,22,23)(H,24,25,26). The minimum absolute atomic E-state index is 0.00593. The van der Waals surface area contributed by atoms with Crippen LogP contribution in [0.5, 0.6) is 0 Å². The summed E-state index contributed by atoms with van der Waals surface area (Å²) in [7, 11) is -9.23. The number of rotatable bonds is 18. The highest BCUT2D eigenvalue weighted by Gasteiger charge is 2.39. The van der Waals surface area contributed by atoms with Gasteiger partial charge in [0.05, 0.1) is 0 Å². The fourth-order valence-electron chi connectivity index (χ4n) is 3.33. The fraction of sp³-hybridized carbons (Fsp3) is 0.944. The van der Waals surface area contributed by atoms with Crippen LogP contribution in [0.3, 0.4) is 0 Å². The van der Waals surface area contributed by atoms with E-state index in [4.69, 9.17) is 5.11 Å². The number of carbonyl (C=O) groups is 1. The lowest BCUT2D eigenvalue weighted by atomic mass is 10.0. The van der Waals surface area contributed by atoms with Crippen molar-refractivity contribution in [1.29, 1.82) is 0 Å². The van der Waals surface area contributed by atoms with Crippen LogP contribution in [0.1, 0.15) is 96.8 Å².